The minimum absolute atomic E-state index is 0.359. The molecule has 0 N–H and O–H groups in total. The zero-order valence-electron chi connectivity index (χ0n) is 7.44. The van der Waals surface area contributed by atoms with Gasteiger partial charge in [0.2, 0.25) is 11.6 Å². The normalized spacial score (nSPS) is 10.7. The van der Waals surface area contributed by atoms with E-state index >= 15 is 0 Å². The number of hydrogen-bond donors (Lipinski definition) is 0. The van der Waals surface area contributed by atoms with Gasteiger partial charge in [0, 0.05) is 0 Å². The van der Waals surface area contributed by atoms with Gasteiger partial charge in [-0.05, 0) is 0 Å². The minimum atomic E-state index is 0.359. The van der Waals surface area contributed by atoms with E-state index in [-0.39, 0.29) is 0 Å². The van der Waals surface area contributed by atoms with Crippen molar-refractivity contribution in [2.75, 3.05) is 0 Å². The fraction of sp³-hybridized carbons (Fsp3) is 0. The summed E-state index contributed by atoms with van der Waals surface area (Å²) in [6, 6.07) is 0. The van der Waals surface area contributed by atoms with Crippen molar-refractivity contribution in [2.45, 2.75) is 0 Å². The summed E-state index contributed by atoms with van der Waals surface area (Å²) in [4.78, 5) is 11.8. The summed E-state index contributed by atoms with van der Waals surface area (Å²) in [5, 5.41) is 3.94. The van der Waals surface area contributed by atoms with Crippen LogP contribution in [0.4, 0.5) is 0 Å². The van der Waals surface area contributed by atoms with Crippen LogP contribution in [-0.4, -0.2) is 24.7 Å². The van der Waals surface area contributed by atoms with Crippen molar-refractivity contribution in [3.63, 3.8) is 0 Å². The average Bonchev–Trinajstić information content (AvgIpc) is 3.01. The van der Waals surface area contributed by atoms with Crippen LogP contribution < -0.4 is 0 Å². The minimum Gasteiger partial charge on any atom is -0.442 e. The topological polar surface area (TPSA) is 82.8 Å². The Morgan fingerprint density at radius 3 is 2.93 bits per heavy atom. The number of aromatic nitrogens is 5. The lowest BCUT2D eigenvalue weighted by Crippen LogP contribution is -1.96. The number of nitrogens with zero attached hydrogens (tertiary/aromatic N) is 5. The van der Waals surface area contributed by atoms with E-state index in [1.165, 1.54) is 36.2 Å². The summed E-state index contributed by atoms with van der Waals surface area (Å²) >= 11 is 0. The van der Waals surface area contributed by atoms with Gasteiger partial charge in [-0.1, -0.05) is 0 Å². The van der Waals surface area contributed by atoms with E-state index in [1.54, 1.807) is 0 Å². The van der Waals surface area contributed by atoms with Crippen LogP contribution in [0.15, 0.2) is 40.3 Å². The molecule has 0 radical (unpaired) electrons. The maximum atomic E-state index is 5.18. The number of rotatable bonds is 2. The molecule has 0 saturated heterocycles. The molecule has 0 aromatic carbocycles. The molecule has 3 rings (SSSR count). The van der Waals surface area contributed by atoms with E-state index in [1.807, 2.05) is 0 Å². The third-order valence-corrected chi connectivity index (χ3v) is 1.81. The van der Waals surface area contributed by atoms with Gasteiger partial charge in [-0.25, -0.2) is 9.97 Å². The molecule has 0 spiro atoms. The van der Waals surface area contributed by atoms with Gasteiger partial charge < -0.3 is 8.83 Å². The molecule has 7 nitrogen and oxygen atoms in total. The number of oxazole rings is 2. The van der Waals surface area contributed by atoms with Crippen LogP contribution >= 0.6 is 0 Å². The molecule has 0 saturated carbocycles. The molecular weight excluding hydrogens is 198 g/mol. The van der Waals surface area contributed by atoms with Crippen LogP contribution in [0.25, 0.3) is 17.5 Å². The molecule has 0 aliphatic carbocycles. The van der Waals surface area contributed by atoms with Gasteiger partial charge in [0.15, 0.2) is 6.39 Å². The smallest absolute Gasteiger partial charge is 0.266 e. The fourth-order valence-corrected chi connectivity index (χ4v) is 1.20. The molecule has 74 valence electrons. The first-order valence-corrected chi connectivity index (χ1v) is 4.13. The Kier molecular flexibility index (Phi) is 1.61. The highest BCUT2D eigenvalue weighted by Gasteiger charge is 2.16. The summed E-state index contributed by atoms with van der Waals surface area (Å²) in [6.07, 6.45) is 7.22. The quantitative estimate of drug-likeness (QED) is 0.615. The maximum Gasteiger partial charge on any atom is 0.266 e. The highest BCUT2D eigenvalue weighted by atomic mass is 16.4. The Morgan fingerprint density at radius 2 is 2.20 bits per heavy atom. The molecule has 3 aromatic heterocycles. The largest absolute Gasteiger partial charge is 0.442 e. The summed E-state index contributed by atoms with van der Waals surface area (Å²) in [5.41, 5.74) is 0. The Balaban J connectivity index is 2.15. The molecular formula is C8H5N5O2. The highest BCUT2D eigenvalue weighted by Crippen LogP contribution is 2.23. The molecule has 0 bridgehead atoms. The lowest BCUT2D eigenvalue weighted by Gasteiger charge is -1.94. The predicted octanol–water partition coefficient (Wildman–Crippen LogP) is 0.910. The van der Waals surface area contributed by atoms with Gasteiger partial charge in [0.1, 0.15) is 18.9 Å². The van der Waals surface area contributed by atoms with Crippen LogP contribution in [0.2, 0.25) is 0 Å². The standard InChI is InChI=1S/C8H5N5O2/c1-2-14-8(10-1)6-7(11-5-15-6)13-4-9-3-12-13/h1-5H. The summed E-state index contributed by atoms with van der Waals surface area (Å²) < 4.78 is 11.8. The van der Waals surface area contributed by atoms with E-state index in [0.717, 1.165) is 0 Å². The van der Waals surface area contributed by atoms with Crippen LogP contribution in [-0.2, 0) is 0 Å². The zero-order valence-corrected chi connectivity index (χ0v) is 7.44. The molecule has 0 amide bonds. The lowest BCUT2D eigenvalue weighted by molar-refractivity contribution is 0.513. The van der Waals surface area contributed by atoms with Crippen LogP contribution in [0.3, 0.4) is 0 Å². The van der Waals surface area contributed by atoms with E-state index in [2.05, 4.69) is 20.1 Å². The molecule has 3 aromatic rings. The van der Waals surface area contributed by atoms with Crippen molar-refractivity contribution < 1.29 is 8.83 Å². The summed E-state index contributed by atoms with van der Waals surface area (Å²) in [7, 11) is 0. The van der Waals surface area contributed by atoms with Gasteiger partial charge in [0.25, 0.3) is 5.89 Å². The van der Waals surface area contributed by atoms with Crippen LogP contribution in [0.5, 0.6) is 0 Å². The number of hydrogen-bond acceptors (Lipinski definition) is 6. The van der Waals surface area contributed by atoms with Crippen molar-refractivity contribution in [2.24, 2.45) is 0 Å². The second kappa shape index (κ2) is 3.05. The third-order valence-electron chi connectivity index (χ3n) is 1.81. The first-order chi connectivity index (χ1) is 7.45. The van der Waals surface area contributed by atoms with Crippen molar-refractivity contribution in [1.29, 1.82) is 0 Å². The fourth-order valence-electron chi connectivity index (χ4n) is 1.20. The van der Waals surface area contributed by atoms with E-state index in [4.69, 9.17) is 8.83 Å². The Labute approximate surface area is 83.4 Å². The Morgan fingerprint density at radius 1 is 1.20 bits per heavy atom. The van der Waals surface area contributed by atoms with Gasteiger partial charge in [-0.15, -0.1) is 0 Å². The van der Waals surface area contributed by atoms with Crippen LogP contribution in [0.1, 0.15) is 0 Å². The molecule has 7 heteroatoms. The Bertz CT molecular complexity index is 491. The van der Waals surface area contributed by atoms with Crippen molar-refractivity contribution >= 4 is 0 Å². The van der Waals surface area contributed by atoms with E-state index in [0.29, 0.717) is 17.5 Å². The molecule has 15 heavy (non-hydrogen) atoms. The van der Waals surface area contributed by atoms with Crippen molar-refractivity contribution in [3.05, 3.63) is 31.5 Å². The van der Waals surface area contributed by atoms with Gasteiger partial charge >= 0.3 is 0 Å². The lowest BCUT2D eigenvalue weighted by atomic mass is 10.4. The van der Waals surface area contributed by atoms with Gasteiger partial charge in [0.05, 0.1) is 6.20 Å². The van der Waals surface area contributed by atoms with E-state index in [9.17, 15) is 0 Å². The molecule has 0 atom stereocenters. The first-order valence-electron chi connectivity index (χ1n) is 4.13. The van der Waals surface area contributed by atoms with E-state index < -0.39 is 0 Å². The van der Waals surface area contributed by atoms with Crippen molar-refractivity contribution in [3.8, 4) is 17.5 Å². The molecule has 0 aliphatic heterocycles. The zero-order chi connectivity index (χ0) is 10.1. The Hall–Kier alpha value is -2.44. The SMILES string of the molecule is c1coc(-c2ocnc2-n2cncn2)n1. The average molecular weight is 203 g/mol. The third kappa shape index (κ3) is 1.21. The maximum absolute atomic E-state index is 5.18. The van der Waals surface area contributed by atoms with Gasteiger partial charge in [-0.2, -0.15) is 14.8 Å². The molecule has 0 unspecified atom stereocenters. The predicted molar refractivity (Wildman–Crippen MR) is 46.9 cm³/mol. The molecule has 0 aliphatic rings. The molecule has 0 fully saturated rings. The molecule has 3 heterocycles. The second-order valence-corrected chi connectivity index (χ2v) is 2.68. The first kappa shape index (κ1) is 7.92. The summed E-state index contributed by atoms with van der Waals surface area (Å²) in [5.74, 6) is 1.28. The van der Waals surface area contributed by atoms with Crippen molar-refractivity contribution in [1.82, 2.24) is 24.7 Å². The summed E-state index contributed by atoms with van der Waals surface area (Å²) in [6.45, 7) is 0. The second-order valence-electron chi connectivity index (χ2n) is 2.68. The monoisotopic (exact) mass is 203 g/mol. The van der Waals surface area contributed by atoms with Crippen LogP contribution in [0, 0.1) is 0 Å². The highest BCUT2D eigenvalue weighted by molar-refractivity contribution is 5.54. The van der Waals surface area contributed by atoms with Gasteiger partial charge in [-0.3, -0.25) is 0 Å².